The summed E-state index contributed by atoms with van der Waals surface area (Å²) >= 11 is 1.36. The third-order valence-corrected chi connectivity index (χ3v) is 6.24. The topological polar surface area (TPSA) is 76.1 Å². The van der Waals surface area contributed by atoms with Gasteiger partial charge in [0.1, 0.15) is 22.8 Å². The van der Waals surface area contributed by atoms with Crippen LogP contribution in [-0.2, 0) is 11.2 Å². The van der Waals surface area contributed by atoms with Gasteiger partial charge in [-0.2, -0.15) is 0 Å². The number of rotatable bonds is 7. The molecule has 1 aliphatic rings. The van der Waals surface area contributed by atoms with Gasteiger partial charge in [0.2, 0.25) is 0 Å². The van der Waals surface area contributed by atoms with Crippen molar-refractivity contribution in [2.24, 2.45) is 0 Å². The fraction of sp³-hybridized carbons (Fsp3) is 0.381. The van der Waals surface area contributed by atoms with Gasteiger partial charge in [-0.3, -0.25) is 4.79 Å². The van der Waals surface area contributed by atoms with E-state index in [1.807, 2.05) is 13.0 Å². The van der Waals surface area contributed by atoms with Crippen LogP contribution in [0.25, 0.3) is 10.2 Å². The van der Waals surface area contributed by atoms with Gasteiger partial charge in [0.05, 0.1) is 16.4 Å². The molecule has 3 heterocycles. The van der Waals surface area contributed by atoms with Crippen molar-refractivity contribution >= 4 is 33.3 Å². The number of fused-ring (bicyclic) bond motifs is 1. The molecule has 152 valence electrons. The number of anilines is 1. The number of hydrogen-bond donors (Lipinski definition) is 2. The molecule has 3 aromatic rings. The monoisotopic (exact) mass is 414 g/mol. The first-order chi connectivity index (χ1) is 14.1. The number of nitrogens with zero attached hydrogens (tertiary/aromatic N) is 2. The fourth-order valence-electron chi connectivity index (χ4n) is 3.53. The van der Waals surface area contributed by atoms with E-state index in [1.54, 1.807) is 6.07 Å². The van der Waals surface area contributed by atoms with E-state index in [2.05, 4.69) is 20.6 Å². The Morgan fingerprint density at radius 1 is 1.38 bits per heavy atom. The van der Waals surface area contributed by atoms with Crippen LogP contribution in [-0.4, -0.2) is 41.7 Å². The average molecular weight is 415 g/mol. The molecule has 2 aromatic heterocycles. The highest BCUT2D eigenvalue weighted by Crippen LogP contribution is 2.33. The number of carbonyl (C=O) groups is 1. The van der Waals surface area contributed by atoms with Gasteiger partial charge < -0.3 is 15.4 Å². The Balaban J connectivity index is 1.44. The van der Waals surface area contributed by atoms with Crippen molar-refractivity contribution in [3.05, 3.63) is 52.4 Å². The molecule has 0 bridgehead atoms. The Morgan fingerprint density at radius 2 is 2.28 bits per heavy atom. The first kappa shape index (κ1) is 19.7. The van der Waals surface area contributed by atoms with Crippen molar-refractivity contribution in [1.82, 2.24) is 15.3 Å². The van der Waals surface area contributed by atoms with Gasteiger partial charge >= 0.3 is 0 Å². The number of hydrogen-bond acceptors (Lipinski definition) is 6. The molecule has 2 N–H and O–H groups in total. The molecular weight excluding hydrogens is 391 g/mol. The molecule has 1 amide bonds. The lowest BCUT2D eigenvalue weighted by atomic mass is 10.1. The largest absolute Gasteiger partial charge is 0.376 e. The van der Waals surface area contributed by atoms with E-state index in [0.29, 0.717) is 24.4 Å². The molecule has 1 fully saturated rings. The zero-order valence-electron chi connectivity index (χ0n) is 16.2. The smallest absolute Gasteiger partial charge is 0.261 e. The maximum atomic E-state index is 13.3. The normalized spacial score (nSPS) is 16.3. The van der Waals surface area contributed by atoms with Crippen LogP contribution in [0.2, 0.25) is 0 Å². The summed E-state index contributed by atoms with van der Waals surface area (Å²) in [5.41, 5.74) is 1.72. The molecule has 0 spiro atoms. The van der Waals surface area contributed by atoms with Gasteiger partial charge in [0.25, 0.3) is 5.91 Å². The Hall–Kier alpha value is -2.58. The Kier molecular flexibility index (Phi) is 6.01. The summed E-state index contributed by atoms with van der Waals surface area (Å²) in [4.78, 5) is 22.8. The van der Waals surface area contributed by atoms with Gasteiger partial charge in [-0.25, -0.2) is 14.4 Å². The van der Waals surface area contributed by atoms with E-state index in [0.717, 1.165) is 46.6 Å². The van der Waals surface area contributed by atoms with E-state index in [1.165, 1.54) is 29.8 Å². The minimum absolute atomic E-state index is 0.146. The van der Waals surface area contributed by atoms with Crippen molar-refractivity contribution in [3.63, 3.8) is 0 Å². The number of amides is 1. The van der Waals surface area contributed by atoms with Gasteiger partial charge in [-0.05, 0) is 49.4 Å². The number of halogens is 1. The summed E-state index contributed by atoms with van der Waals surface area (Å²) in [5.74, 6) is 0.320. The van der Waals surface area contributed by atoms with Crippen LogP contribution in [0.4, 0.5) is 10.2 Å². The van der Waals surface area contributed by atoms with Crippen LogP contribution in [0.1, 0.15) is 33.6 Å². The molecule has 8 heteroatoms. The summed E-state index contributed by atoms with van der Waals surface area (Å²) in [6.45, 7) is 3.85. The maximum absolute atomic E-state index is 13.3. The summed E-state index contributed by atoms with van der Waals surface area (Å²) in [6.07, 6.45) is 4.42. The number of ether oxygens (including phenoxy) is 1. The van der Waals surface area contributed by atoms with E-state index in [9.17, 15) is 9.18 Å². The van der Waals surface area contributed by atoms with Crippen molar-refractivity contribution in [3.8, 4) is 0 Å². The Morgan fingerprint density at radius 3 is 3.07 bits per heavy atom. The maximum Gasteiger partial charge on any atom is 0.261 e. The van der Waals surface area contributed by atoms with E-state index >= 15 is 0 Å². The quantitative estimate of drug-likeness (QED) is 0.617. The highest BCUT2D eigenvalue weighted by atomic mass is 32.1. The zero-order chi connectivity index (χ0) is 20.2. The summed E-state index contributed by atoms with van der Waals surface area (Å²) in [6, 6.07) is 6.42. The van der Waals surface area contributed by atoms with Gasteiger partial charge in [0.15, 0.2) is 0 Å². The molecule has 1 saturated heterocycles. The molecule has 1 atom stereocenters. The zero-order valence-corrected chi connectivity index (χ0v) is 17.0. The summed E-state index contributed by atoms with van der Waals surface area (Å²) in [7, 11) is 0. The van der Waals surface area contributed by atoms with Crippen LogP contribution in [0.15, 0.2) is 30.6 Å². The molecule has 4 rings (SSSR count). The lowest BCUT2D eigenvalue weighted by Crippen LogP contribution is -2.25. The lowest BCUT2D eigenvalue weighted by Gasteiger charge is -2.12. The van der Waals surface area contributed by atoms with Crippen molar-refractivity contribution < 1.29 is 13.9 Å². The SMILES string of the molecule is Cc1c(C(=O)NCCc2cccc(F)c2)sc2ncnc(NC[C@@H]3CCCO3)c12. The van der Waals surface area contributed by atoms with Crippen LogP contribution in [0.3, 0.4) is 0 Å². The van der Waals surface area contributed by atoms with Crippen molar-refractivity contribution in [1.29, 1.82) is 0 Å². The van der Waals surface area contributed by atoms with Crippen LogP contribution >= 0.6 is 11.3 Å². The third-order valence-electron chi connectivity index (χ3n) is 5.04. The van der Waals surface area contributed by atoms with E-state index in [-0.39, 0.29) is 17.8 Å². The molecule has 1 aromatic carbocycles. The van der Waals surface area contributed by atoms with E-state index < -0.39 is 0 Å². The second-order valence-electron chi connectivity index (χ2n) is 7.11. The molecule has 0 unspecified atom stereocenters. The minimum Gasteiger partial charge on any atom is -0.376 e. The van der Waals surface area contributed by atoms with Gasteiger partial charge in [-0.15, -0.1) is 11.3 Å². The third kappa shape index (κ3) is 4.54. The lowest BCUT2D eigenvalue weighted by molar-refractivity contribution is 0.0957. The van der Waals surface area contributed by atoms with Gasteiger partial charge in [0, 0.05) is 19.7 Å². The summed E-state index contributed by atoms with van der Waals surface area (Å²) in [5, 5.41) is 7.16. The standard InChI is InChI=1S/C21H23FN4O2S/c1-13-17-19(24-11-16-6-3-9-28-16)25-12-26-21(17)29-18(13)20(27)23-8-7-14-4-2-5-15(22)10-14/h2,4-5,10,12,16H,3,6-9,11H2,1H3,(H,23,27)(H,24,25,26)/t16-/m0/s1. The number of aromatic nitrogens is 2. The van der Waals surface area contributed by atoms with Gasteiger partial charge in [-0.1, -0.05) is 12.1 Å². The number of carbonyl (C=O) groups excluding carboxylic acids is 1. The predicted molar refractivity (Wildman–Crippen MR) is 112 cm³/mol. The van der Waals surface area contributed by atoms with Crippen LogP contribution in [0.5, 0.6) is 0 Å². The van der Waals surface area contributed by atoms with Crippen LogP contribution < -0.4 is 10.6 Å². The van der Waals surface area contributed by atoms with E-state index in [4.69, 9.17) is 4.74 Å². The van der Waals surface area contributed by atoms with Crippen molar-refractivity contribution in [2.75, 3.05) is 25.0 Å². The number of benzene rings is 1. The average Bonchev–Trinajstić information content (AvgIpc) is 3.35. The first-order valence-corrected chi connectivity index (χ1v) is 10.6. The molecule has 0 radical (unpaired) electrons. The molecule has 29 heavy (non-hydrogen) atoms. The highest BCUT2D eigenvalue weighted by Gasteiger charge is 2.20. The molecular formula is C21H23FN4O2S. The number of thiophene rings is 1. The number of aryl methyl sites for hydroxylation is 1. The first-order valence-electron chi connectivity index (χ1n) is 9.74. The Bertz CT molecular complexity index is 1020. The molecule has 6 nitrogen and oxygen atoms in total. The van der Waals surface area contributed by atoms with Crippen molar-refractivity contribution in [2.45, 2.75) is 32.3 Å². The second kappa shape index (κ2) is 8.84. The molecule has 0 aliphatic carbocycles. The van der Waals surface area contributed by atoms with Crippen LogP contribution in [0, 0.1) is 12.7 Å². The molecule has 1 aliphatic heterocycles. The molecule has 0 saturated carbocycles. The fourth-order valence-corrected chi connectivity index (χ4v) is 4.60. The highest BCUT2D eigenvalue weighted by molar-refractivity contribution is 7.20. The Labute approximate surface area is 172 Å². The predicted octanol–water partition coefficient (Wildman–Crippen LogP) is 3.70. The number of nitrogens with one attached hydrogen (secondary N) is 2. The summed E-state index contributed by atoms with van der Waals surface area (Å²) < 4.78 is 18.9. The second-order valence-corrected chi connectivity index (χ2v) is 8.11. The minimum atomic E-state index is -0.268.